The molecular weight excluding hydrogens is 278 g/mol. The van der Waals surface area contributed by atoms with Gasteiger partial charge in [0.15, 0.2) is 5.96 Å². The molecule has 0 spiro atoms. The van der Waals surface area contributed by atoms with Gasteiger partial charge in [-0.15, -0.1) is 0 Å². The van der Waals surface area contributed by atoms with Crippen molar-refractivity contribution in [2.24, 2.45) is 4.99 Å². The van der Waals surface area contributed by atoms with Crippen LogP contribution in [0.2, 0.25) is 0 Å². The third kappa shape index (κ3) is 4.67. The Labute approximate surface area is 133 Å². The van der Waals surface area contributed by atoms with Crippen molar-refractivity contribution in [1.82, 2.24) is 10.6 Å². The third-order valence-electron chi connectivity index (χ3n) is 4.02. The number of rotatable bonds is 4. The molecule has 0 aromatic heterocycles. The van der Waals surface area contributed by atoms with Crippen LogP contribution >= 0.6 is 11.8 Å². The van der Waals surface area contributed by atoms with Crippen molar-refractivity contribution in [3.8, 4) is 0 Å². The highest BCUT2D eigenvalue weighted by Crippen LogP contribution is 2.25. The zero-order chi connectivity index (χ0) is 15.2. The summed E-state index contributed by atoms with van der Waals surface area (Å²) in [5.74, 6) is 2.21. The summed E-state index contributed by atoms with van der Waals surface area (Å²) in [6.07, 6.45) is 2.68. The van der Waals surface area contributed by atoms with Crippen LogP contribution < -0.4 is 10.6 Å². The Kier molecular flexibility index (Phi) is 5.97. The lowest BCUT2D eigenvalue weighted by atomic mass is 10.00. The monoisotopic (exact) mass is 305 g/mol. The molecule has 1 aromatic carbocycles. The quantitative estimate of drug-likeness (QED) is 0.662. The smallest absolute Gasteiger partial charge is 0.191 e. The minimum Gasteiger partial charge on any atom is -0.355 e. The lowest BCUT2D eigenvalue weighted by Crippen LogP contribution is -2.40. The summed E-state index contributed by atoms with van der Waals surface area (Å²) in [7, 11) is 1.84. The second-order valence-corrected chi connectivity index (χ2v) is 7.23. The molecule has 1 aliphatic heterocycles. The maximum Gasteiger partial charge on any atom is 0.191 e. The third-order valence-corrected chi connectivity index (χ3v) is 5.42. The zero-order valence-corrected chi connectivity index (χ0v) is 14.4. The molecule has 0 bridgehead atoms. The highest BCUT2D eigenvalue weighted by atomic mass is 32.2. The predicted molar refractivity (Wildman–Crippen MR) is 94.3 cm³/mol. The predicted octanol–water partition coefficient (Wildman–Crippen LogP) is 3.17. The lowest BCUT2D eigenvalue weighted by Gasteiger charge is -2.17. The highest BCUT2D eigenvalue weighted by Gasteiger charge is 2.15. The van der Waals surface area contributed by atoms with Crippen molar-refractivity contribution in [2.45, 2.75) is 45.4 Å². The lowest BCUT2D eigenvalue weighted by molar-refractivity contribution is 0.725. The molecule has 1 aromatic rings. The molecular formula is C17H27N3S. The van der Waals surface area contributed by atoms with E-state index in [0.717, 1.165) is 24.3 Å². The van der Waals surface area contributed by atoms with E-state index in [-0.39, 0.29) is 0 Å². The van der Waals surface area contributed by atoms with Crippen LogP contribution in [0.1, 0.15) is 35.1 Å². The van der Waals surface area contributed by atoms with Gasteiger partial charge in [-0.2, -0.15) is 11.8 Å². The maximum atomic E-state index is 4.33. The van der Waals surface area contributed by atoms with Crippen molar-refractivity contribution in [1.29, 1.82) is 0 Å². The number of nitrogens with one attached hydrogen (secondary N) is 2. The molecule has 21 heavy (non-hydrogen) atoms. The second kappa shape index (κ2) is 7.74. The van der Waals surface area contributed by atoms with Crippen LogP contribution in [0.5, 0.6) is 0 Å². The van der Waals surface area contributed by atoms with Crippen LogP contribution in [0.25, 0.3) is 0 Å². The van der Waals surface area contributed by atoms with Crippen LogP contribution in [0.3, 0.4) is 0 Å². The van der Waals surface area contributed by atoms with Gasteiger partial charge in [-0.25, -0.2) is 0 Å². The van der Waals surface area contributed by atoms with Gasteiger partial charge in [0.05, 0.1) is 0 Å². The standard InChI is InChI=1S/C17H27N3S/c1-12-8-13(2)16(14(3)9-12)11-20-17(18-4)19-10-15-6-5-7-21-15/h8-9,15H,5-7,10-11H2,1-4H3,(H2,18,19,20). The van der Waals surface area contributed by atoms with E-state index < -0.39 is 0 Å². The first-order valence-corrected chi connectivity index (χ1v) is 8.78. The van der Waals surface area contributed by atoms with Crippen molar-refractivity contribution in [3.63, 3.8) is 0 Å². The average Bonchev–Trinajstić information content (AvgIpc) is 2.94. The van der Waals surface area contributed by atoms with E-state index in [9.17, 15) is 0 Å². The summed E-state index contributed by atoms with van der Waals surface area (Å²) in [5.41, 5.74) is 5.40. The summed E-state index contributed by atoms with van der Waals surface area (Å²) in [6, 6.07) is 4.49. The normalized spacial score (nSPS) is 18.9. The molecule has 4 heteroatoms. The van der Waals surface area contributed by atoms with Gasteiger partial charge >= 0.3 is 0 Å². The molecule has 1 unspecified atom stereocenters. The Morgan fingerprint density at radius 1 is 1.24 bits per heavy atom. The second-order valence-electron chi connectivity index (χ2n) is 5.82. The van der Waals surface area contributed by atoms with Gasteiger partial charge in [-0.05, 0) is 56.1 Å². The minimum atomic E-state index is 0.742. The maximum absolute atomic E-state index is 4.33. The number of aryl methyl sites for hydroxylation is 3. The average molecular weight is 305 g/mol. The Morgan fingerprint density at radius 3 is 2.52 bits per heavy atom. The van der Waals surface area contributed by atoms with Crippen molar-refractivity contribution < 1.29 is 0 Å². The van der Waals surface area contributed by atoms with Crippen molar-refractivity contribution in [3.05, 3.63) is 34.4 Å². The van der Waals surface area contributed by atoms with Crippen LogP contribution in [0, 0.1) is 20.8 Å². The molecule has 0 radical (unpaired) electrons. The topological polar surface area (TPSA) is 36.4 Å². The molecule has 0 saturated carbocycles. The van der Waals surface area contributed by atoms with Crippen molar-refractivity contribution in [2.75, 3.05) is 19.3 Å². The van der Waals surface area contributed by atoms with Gasteiger partial charge in [0.2, 0.25) is 0 Å². The first-order valence-electron chi connectivity index (χ1n) is 7.73. The number of thioether (sulfide) groups is 1. The molecule has 0 amide bonds. The summed E-state index contributed by atoms with van der Waals surface area (Å²) in [6.45, 7) is 8.35. The minimum absolute atomic E-state index is 0.742. The summed E-state index contributed by atoms with van der Waals surface area (Å²) in [5, 5.41) is 7.63. The van der Waals surface area contributed by atoms with E-state index in [1.54, 1.807) is 0 Å². The number of nitrogens with zero attached hydrogens (tertiary/aromatic N) is 1. The molecule has 1 aliphatic rings. The first-order chi connectivity index (χ1) is 10.1. The van der Waals surface area contributed by atoms with E-state index >= 15 is 0 Å². The summed E-state index contributed by atoms with van der Waals surface area (Å²) >= 11 is 2.07. The summed E-state index contributed by atoms with van der Waals surface area (Å²) < 4.78 is 0. The van der Waals surface area contributed by atoms with E-state index in [4.69, 9.17) is 0 Å². The van der Waals surface area contributed by atoms with Gasteiger partial charge in [-0.3, -0.25) is 4.99 Å². The highest BCUT2D eigenvalue weighted by molar-refractivity contribution is 8.00. The largest absolute Gasteiger partial charge is 0.355 e. The number of guanidine groups is 1. The molecule has 2 N–H and O–H groups in total. The molecule has 0 aliphatic carbocycles. The van der Waals surface area contributed by atoms with E-state index in [1.165, 1.54) is 40.8 Å². The van der Waals surface area contributed by atoms with Gasteiger partial charge < -0.3 is 10.6 Å². The molecule has 3 nitrogen and oxygen atoms in total. The molecule has 116 valence electrons. The fraction of sp³-hybridized carbons (Fsp3) is 0.588. The van der Waals surface area contributed by atoms with E-state index in [2.05, 4.69) is 60.3 Å². The SMILES string of the molecule is CN=C(NCc1c(C)cc(C)cc1C)NCC1CCCS1. The fourth-order valence-corrected chi connectivity index (χ4v) is 4.10. The Morgan fingerprint density at radius 2 is 1.95 bits per heavy atom. The number of aliphatic imine (C=N–C) groups is 1. The van der Waals surface area contributed by atoms with Crippen molar-refractivity contribution >= 4 is 17.7 Å². The molecule has 1 atom stereocenters. The first kappa shape index (κ1) is 16.2. The fourth-order valence-electron chi connectivity index (χ4n) is 2.90. The van der Waals surface area contributed by atoms with Gasteiger partial charge in [0.25, 0.3) is 0 Å². The number of hydrogen-bond acceptors (Lipinski definition) is 2. The Hall–Kier alpha value is -1.16. The van der Waals surface area contributed by atoms with Crippen LogP contribution in [-0.4, -0.2) is 30.6 Å². The van der Waals surface area contributed by atoms with Crippen LogP contribution in [-0.2, 0) is 6.54 Å². The Balaban J connectivity index is 1.88. The van der Waals surface area contributed by atoms with E-state index in [1.807, 2.05) is 7.05 Å². The van der Waals surface area contributed by atoms with Gasteiger partial charge in [-0.1, -0.05) is 17.7 Å². The molecule has 1 fully saturated rings. The zero-order valence-electron chi connectivity index (χ0n) is 13.6. The van der Waals surface area contributed by atoms with E-state index in [0.29, 0.717) is 0 Å². The van der Waals surface area contributed by atoms with Crippen LogP contribution in [0.15, 0.2) is 17.1 Å². The van der Waals surface area contributed by atoms with Gasteiger partial charge in [0, 0.05) is 25.4 Å². The Bertz CT molecular complexity index is 482. The van der Waals surface area contributed by atoms with Crippen LogP contribution in [0.4, 0.5) is 0 Å². The number of hydrogen-bond donors (Lipinski definition) is 2. The summed E-state index contributed by atoms with van der Waals surface area (Å²) in [4.78, 5) is 4.33. The molecule has 1 heterocycles. The van der Waals surface area contributed by atoms with Gasteiger partial charge in [0.1, 0.15) is 0 Å². The molecule has 1 saturated heterocycles. The number of benzene rings is 1. The molecule has 2 rings (SSSR count).